The predicted molar refractivity (Wildman–Crippen MR) is 78.3 cm³/mol. The van der Waals surface area contributed by atoms with Gasteiger partial charge in [0, 0.05) is 0 Å². The molecule has 1 heterocycles. The van der Waals surface area contributed by atoms with Gasteiger partial charge in [-0.15, -0.1) is 0 Å². The average molecular weight is 350 g/mol. The molecule has 0 bridgehead atoms. The first-order valence-corrected chi connectivity index (χ1v) is 7.50. The third-order valence-electron chi connectivity index (χ3n) is 2.04. The molecule has 0 radical (unpaired) electrons. The minimum Gasteiger partial charge on any atom is -0.461 e. The molecule has 0 aliphatic rings. The number of hydrogen-bond donors (Lipinski definition) is 1. The third-order valence-corrected chi connectivity index (χ3v) is 3.57. The Balaban J connectivity index is 2.92. The highest BCUT2D eigenvalue weighted by atomic mass is 79.9. The van der Waals surface area contributed by atoms with Gasteiger partial charge in [0.1, 0.15) is 16.1 Å². The van der Waals surface area contributed by atoms with Gasteiger partial charge in [0.2, 0.25) is 5.71 Å². The van der Waals surface area contributed by atoms with Crippen LogP contribution in [0.2, 0.25) is 0 Å². The van der Waals surface area contributed by atoms with Crippen LogP contribution in [0.1, 0.15) is 32.4 Å². The minimum atomic E-state index is -0.579. The topological polar surface area (TPSA) is 86.8 Å². The molecular weight excluding hydrogens is 334 g/mol. The number of nitrogen functional groups attached to an aromatic ring is 1. The average Bonchev–Trinajstić information content (AvgIpc) is 2.68. The van der Waals surface area contributed by atoms with Gasteiger partial charge in [-0.2, -0.15) is 0 Å². The van der Waals surface area contributed by atoms with E-state index in [9.17, 15) is 4.79 Å². The van der Waals surface area contributed by atoms with Crippen LogP contribution in [-0.4, -0.2) is 29.9 Å². The number of hydrogen-bond acceptors (Lipinski definition) is 7. The number of aromatic nitrogens is 1. The first-order chi connectivity index (χ1) is 9.10. The number of nitrogens with zero attached hydrogens (tertiary/aromatic N) is 2. The first-order valence-electron chi connectivity index (χ1n) is 5.89. The van der Waals surface area contributed by atoms with Crippen molar-refractivity contribution < 1.29 is 14.4 Å². The summed E-state index contributed by atoms with van der Waals surface area (Å²) in [5, 5.41) is 4.17. The molecule has 19 heavy (non-hydrogen) atoms. The Kier molecular flexibility index (Phi) is 6.79. The first kappa shape index (κ1) is 15.9. The van der Waals surface area contributed by atoms with Crippen LogP contribution in [-0.2, 0) is 14.4 Å². The third kappa shape index (κ3) is 4.79. The second kappa shape index (κ2) is 8.11. The highest BCUT2D eigenvalue weighted by Crippen LogP contribution is 2.27. The number of anilines is 1. The molecule has 1 aromatic rings. The largest absolute Gasteiger partial charge is 0.461 e. The summed E-state index contributed by atoms with van der Waals surface area (Å²) in [5.41, 5.74) is 5.97. The van der Waals surface area contributed by atoms with Crippen molar-refractivity contribution >= 4 is 44.1 Å². The van der Waals surface area contributed by atoms with Crippen molar-refractivity contribution in [2.75, 3.05) is 18.9 Å². The van der Waals surface area contributed by atoms with E-state index in [0.29, 0.717) is 21.2 Å². The van der Waals surface area contributed by atoms with Crippen LogP contribution in [0, 0.1) is 0 Å². The summed E-state index contributed by atoms with van der Waals surface area (Å²) in [7, 11) is 0. The van der Waals surface area contributed by atoms with Gasteiger partial charge in [-0.25, -0.2) is 9.78 Å². The van der Waals surface area contributed by atoms with Gasteiger partial charge < -0.3 is 15.3 Å². The Bertz CT molecular complexity index is 462. The van der Waals surface area contributed by atoms with Crippen LogP contribution in [0.3, 0.4) is 0 Å². The fourth-order valence-corrected chi connectivity index (χ4v) is 2.49. The van der Waals surface area contributed by atoms with E-state index >= 15 is 0 Å². The van der Waals surface area contributed by atoms with E-state index in [1.807, 2.05) is 6.92 Å². The zero-order valence-corrected chi connectivity index (χ0v) is 13.2. The van der Waals surface area contributed by atoms with Crippen molar-refractivity contribution in [2.24, 2.45) is 5.16 Å². The number of ether oxygens (including phenoxy) is 1. The normalized spacial score (nSPS) is 11.4. The van der Waals surface area contributed by atoms with Crippen LogP contribution >= 0.6 is 27.3 Å². The number of nitrogens with two attached hydrogens (primary N) is 1. The molecule has 0 unspecified atom stereocenters. The van der Waals surface area contributed by atoms with Gasteiger partial charge in [-0.05, 0) is 29.3 Å². The number of halogens is 1. The van der Waals surface area contributed by atoms with Crippen LogP contribution in [0.15, 0.2) is 8.94 Å². The number of oxime groups is 1. The molecule has 0 spiro atoms. The molecule has 0 aliphatic heterocycles. The Morgan fingerprint density at radius 3 is 2.79 bits per heavy atom. The summed E-state index contributed by atoms with van der Waals surface area (Å²) in [4.78, 5) is 21.0. The quantitative estimate of drug-likeness (QED) is 0.353. The van der Waals surface area contributed by atoms with Gasteiger partial charge >= 0.3 is 5.97 Å². The van der Waals surface area contributed by atoms with Crippen LogP contribution in [0.25, 0.3) is 0 Å². The second-order valence-corrected chi connectivity index (χ2v) is 5.87. The van der Waals surface area contributed by atoms with E-state index in [1.165, 1.54) is 11.3 Å². The number of unbranched alkanes of at least 4 members (excludes halogenated alkanes) is 1. The highest BCUT2D eigenvalue weighted by Gasteiger charge is 2.23. The summed E-state index contributed by atoms with van der Waals surface area (Å²) in [6.45, 7) is 4.45. The zero-order valence-electron chi connectivity index (χ0n) is 10.8. The number of thiazole rings is 1. The standard InChI is InChI=1S/C11H16BrN3O3S/c1-3-5-6-18-15-8(10(16)17-4-2)7-9(12)19-11(13)14-7/h3-6H2,1-2H3,(H2,13,14). The molecule has 0 atom stereocenters. The van der Waals surface area contributed by atoms with Crippen molar-refractivity contribution in [1.82, 2.24) is 4.98 Å². The van der Waals surface area contributed by atoms with E-state index < -0.39 is 5.97 Å². The summed E-state index contributed by atoms with van der Waals surface area (Å²) >= 11 is 4.51. The van der Waals surface area contributed by atoms with E-state index in [1.54, 1.807) is 6.92 Å². The van der Waals surface area contributed by atoms with E-state index in [-0.39, 0.29) is 12.3 Å². The Morgan fingerprint density at radius 1 is 1.53 bits per heavy atom. The SMILES string of the molecule is CCCCON=C(C(=O)OCC)c1nc(N)sc1Br. The molecule has 0 saturated heterocycles. The molecule has 0 aromatic carbocycles. The van der Waals surface area contributed by atoms with Crippen LogP contribution in [0.4, 0.5) is 5.13 Å². The lowest BCUT2D eigenvalue weighted by molar-refractivity contribution is -0.135. The molecule has 106 valence electrons. The fourth-order valence-electron chi connectivity index (χ4n) is 1.16. The maximum atomic E-state index is 11.8. The maximum Gasteiger partial charge on any atom is 0.362 e. The fraction of sp³-hybridized carbons (Fsp3) is 0.545. The highest BCUT2D eigenvalue weighted by molar-refractivity contribution is 9.11. The molecule has 6 nitrogen and oxygen atoms in total. The van der Waals surface area contributed by atoms with Crippen molar-refractivity contribution in [1.29, 1.82) is 0 Å². The van der Waals surface area contributed by atoms with Gasteiger partial charge in [-0.1, -0.05) is 29.8 Å². The van der Waals surface area contributed by atoms with Crippen LogP contribution in [0.5, 0.6) is 0 Å². The maximum absolute atomic E-state index is 11.8. The van der Waals surface area contributed by atoms with Gasteiger partial charge in [0.05, 0.1) is 6.61 Å². The molecule has 2 N–H and O–H groups in total. The molecule has 0 amide bonds. The monoisotopic (exact) mass is 349 g/mol. The smallest absolute Gasteiger partial charge is 0.362 e. The molecule has 8 heteroatoms. The lowest BCUT2D eigenvalue weighted by atomic mass is 10.3. The molecule has 0 aliphatic carbocycles. The Hall–Kier alpha value is -1.15. The van der Waals surface area contributed by atoms with E-state index in [0.717, 1.165) is 12.8 Å². The number of esters is 1. The molecule has 0 fully saturated rings. The Morgan fingerprint density at radius 2 is 2.26 bits per heavy atom. The lowest BCUT2D eigenvalue weighted by Crippen LogP contribution is -2.20. The second-order valence-electron chi connectivity index (χ2n) is 3.52. The minimum absolute atomic E-state index is 0.0257. The Labute approximate surface area is 124 Å². The van der Waals surface area contributed by atoms with Crippen molar-refractivity contribution in [2.45, 2.75) is 26.7 Å². The molecule has 1 rings (SSSR count). The molecule has 0 saturated carbocycles. The summed E-state index contributed by atoms with van der Waals surface area (Å²) in [6.07, 6.45) is 1.84. The number of rotatable bonds is 7. The predicted octanol–water partition coefficient (Wildman–Crippen LogP) is 2.57. The summed E-state index contributed by atoms with van der Waals surface area (Å²) < 4.78 is 5.55. The summed E-state index contributed by atoms with van der Waals surface area (Å²) in [5.74, 6) is -0.579. The lowest BCUT2D eigenvalue weighted by Gasteiger charge is -2.04. The molecule has 1 aromatic heterocycles. The zero-order chi connectivity index (χ0) is 14.3. The number of carbonyl (C=O) groups excluding carboxylic acids is 1. The van der Waals surface area contributed by atoms with Gasteiger partial charge in [0.25, 0.3) is 0 Å². The van der Waals surface area contributed by atoms with Gasteiger partial charge in [-0.3, -0.25) is 0 Å². The van der Waals surface area contributed by atoms with Crippen LogP contribution < -0.4 is 5.73 Å². The van der Waals surface area contributed by atoms with E-state index in [4.69, 9.17) is 15.3 Å². The van der Waals surface area contributed by atoms with E-state index in [2.05, 4.69) is 26.1 Å². The number of carbonyl (C=O) groups is 1. The van der Waals surface area contributed by atoms with Crippen molar-refractivity contribution in [3.05, 3.63) is 9.48 Å². The van der Waals surface area contributed by atoms with Crippen molar-refractivity contribution in [3.63, 3.8) is 0 Å². The summed E-state index contributed by atoms with van der Waals surface area (Å²) in [6, 6.07) is 0. The van der Waals surface area contributed by atoms with Crippen molar-refractivity contribution in [3.8, 4) is 0 Å². The van der Waals surface area contributed by atoms with Gasteiger partial charge in [0.15, 0.2) is 5.13 Å². The molecular formula is C11H16BrN3O3S.